The number of carboxylic acids is 1. The summed E-state index contributed by atoms with van der Waals surface area (Å²) < 4.78 is 0. The van der Waals surface area contributed by atoms with Crippen molar-refractivity contribution in [3.8, 4) is 0 Å². The predicted molar refractivity (Wildman–Crippen MR) is 106 cm³/mol. The summed E-state index contributed by atoms with van der Waals surface area (Å²) in [6, 6.07) is 12.8. The fourth-order valence-corrected chi connectivity index (χ4v) is 4.60. The zero-order valence-corrected chi connectivity index (χ0v) is 15.9. The highest BCUT2D eigenvalue weighted by Crippen LogP contribution is 2.48. The number of ketones is 1. The fourth-order valence-electron chi connectivity index (χ4n) is 4.60. The molecule has 0 saturated carbocycles. The molecule has 2 heterocycles. The van der Waals surface area contributed by atoms with E-state index in [0.717, 1.165) is 5.56 Å². The summed E-state index contributed by atoms with van der Waals surface area (Å²) in [5.74, 6) is -3.09. The number of hydrogen-bond donors (Lipinski definition) is 3. The van der Waals surface area contributed by atoms with Crippen LogP contribution in [0.1, 0.15) is 37.8 Å². The van der Waals surface area contributed by atoms with Gasteiger partial charge in [-0.2, -0.15) is 0 Å². The van der Waals surface area contributed by atoms with Crippen LogP contribution in [0.25, 0.3) is 5.70 Å². The van der Waals surface area contributed by atoms with Gasteiger partial charge >= 0.3 is 12.0 Å². The van der Waals surface area contributed by atoms with Gasteiger partial charge in [-0.3, -0.25) is 14.9 Å². The Balaban J connectivity index is 1.72. The van der Waals surface area contributed by atoms with Crippen molar-refractivity contribution in [2.45, 2.75) is 12.1 Å². The topological polar surface area (TPSA) is 116 Å². The maximum absolute atomic E-state index is 13.3. The largest absolute Gasteiger partial charge is 0.478 e. The summed E-state index contributed by atoms with van der Waals surface area (Å²) in [5, 5.41) is 14.8. The number of benzene rings is 2. The lowest BCUT2D eigenvalue weighted by atomic mass is 9.73. The first kappa shape index (κ1) is 18.1. The molecule has 8 nitrogen and oxygen atoms in total. The number of nitrogens with one attached hydrogen (secondary N) is 2. The number of fused-ring (bicyclic) bond motifs is 3. The normalized spacial score (nSPS) is 24.6. The van der Waals surface area contributed by atoms with E-state index in [4.69, 9.17) is 0 Å². The molecule has 2 aromatic carbocycles. The minimum Gasteiger partial charge on any atom is -0.478 e. The van der Waals surface area contributed by atoms with E-state index >= 15 is 0 Å². The van der Waals surface area contributed by atoms with E-state index in [9.17, 15) is 24.3 Å². The summed E-state index contributed by atoms with van der Waals surface area (Å²) in [5.41, 5.74) is 3.09. The molecule has 3 aliphatic rings. The van der Waals surface area contributed by atoms with Crippen molar-refractivity contribution in [1.29, 1.82) is 0 Å². The number of imide groups is 1. The molecule has 0 aromatic heterocycles. The van der Waals surface area contributed by atoms with Crippen LogP contribution in [-0.4, -0.2) is 46.9 Å². The first-order valence-corrected chi connectivity index (χ1v) is 9.44. The molecule has 0 bridgehead atoms. The maximum atomic E-state index is 13.3. The molecule has 1 aliphatic carbocycles. The standard InChI is InChI=1S/C22H17N3O5/c1-25-19-16(20(27)24-22(25)30)14(10-6-8-11(9-7-10)21(28)29)15-17(23-19)12-4-2-3-5-13(12)18(15)26/h2-9,14,16,19,23H,1H3,(H,28,29)(H,24,27,30). The third-order valence-electron chi connectivity index (χ3n) is 6.04. The van der Waals surface area contributed by atoms with Crippen molar-refractivity contribution in [3.05, 3.63) is 76.4 Å². The Hall–Kier alpha value is -3.94. The van der Waals surface area contributed by atoms with Crippen molar-refractivity contribution in [3.63, 3.8) is 0 Å². The molecule has 3 unspecified atom stereocenters. The van der Waals surface area contributed by atoms with Gasteiger partial charge in [-0.05, 0) is 17.7 Å². The summed E-state index contributed by atoms with van der Waals surface area (Å²) in [4.78, 5) is 51.1. The smallest absolute Gasteiger partial charge is 0.335 e. The minimum absolute atomic E-state index is 0.111. The highest BCUT2D eigenvalue weighted by molar-refractivity contribution is 6.22. The Kier molecular flexibility index (Phi) is 3.79. The Morgan fingerprint density at radius 1 is 1.00 bits per heavy atom. The van der Waals surface area contributed by atoms with E-state index in [1.54, 1.807) is 31.3 Å². The lowest BCUT2D eigenvalue weighted by molar-refractivity contribution is -0.129. The second-order valence-corrected chi connectivity index (χ2v) is 7.59. The number of carbonyl (C=O) groups excluding carboxylic acids is 3. The van der Waals surface area contributed by atoms with Gasteiger partial charge in [0.25, 0.3) is 0 Å². The molecule has 8 heteroatoms. The predicted octanol–water partition coefficient (Wildman–Crippen LogP) is 1.80. The monoisotopic (exact) mass is 403 g/mol. The third-order valence-corrected chi connectivity index (χ3v) is 6.04. The number of hydrogen-bond acceptors (Lipinski definition) is 5. The first-order valence-electron chi connectivity index (χ1n) is 9.44. The van der Waals surface area contributed by atoms with Gasteiger partial charge < -0.3 is 15.3 Å². The van der Waals surface area contributed by atoms with Gasteiger partial charge in [-0.15, -0.1) is 0 Å². The number of Topliss-reactive ketones (excluding diaryl/α,β-unsaturated/α-hetero) is 1. The highest BCUT2D eigenvalue weighted by atomic mass is 16.4. The van der Waals surface area contributed by atoms with Crippen LogP contribution in [0.15, 0.2) is 54.1 Å². The number of carboxylic acid groups (broad SMARTS) is 1. The molecule has 150 valence electrons. The zero-order chi connectivity index (χ0) is 21.2. The molecular formula is C22H17N3O5. The van der Waals surface area contributed by atoms with Crippen LogP contribution in [0, 0.1) is 5.92 Å². The van der Waals surface area contributed by atoms with Gasteiger partial charge in [0, 0.05) is 29.7 Å². The van der Waals surface area contributed by atoms with Crippen molar-refractivity contribution in [2.75, 3.05) is 7.05 Å². The second-order valence-electron chi connectivity index (χ2n) is 7.59. The van der Waals surface area contributed by atoms with E-state index in [1.807, 2.05) is 12.1 Å². The molecule has 2 aliphatic heterocycles. The summed E-state index contributed by atoms with van der Waals surface area (Å²) in [6.45, 7) is 0. The summed E-state index contributed by atoms with van der Waals surface area (Å²) in [6.07, 6.45) is -0.645. The lowest BCUT2D eigenvalue weighted by Gasteiger charge is -2.45. The fraction of sp³-hybridized carbons (Fsp3) is 0.182. The number of urea groups is 1. The molecule has 3 amide bonds. The van der Waals surface area contributed by atoms with Gasteiger partial charge in [0.1, 0.15) is 6.17 Å². The summed E-state index contributed by atoms with van der Waals surface area (Å²) >= 11 is 0. The van der Waals surface area contributed by atoms with Gasteiger partial charge in [-0.1, -0.05) is 36.4 Å². The number of amides is 3. The number of nitrogens with zero attached hydrogens (tertiary/aromatic N) is 1. The van der Waals surface area contributed by atoms with Gasteiger partial charge in [-0.25, -0.2) is 9.59 Å². The van der Waals surface area contributed by atoms with Gasteiger partial charge in [0.2, 0.25) is 5.91 Å². The average Bonchev–Trinajstić information content (AvgIpc) is 3.03. The SMILES string of the molecule is CN1C(=O)NC(=O)C2C(c3ccc(C(=O)O)cc3)C3=C(NC21)c1ccccc1C3=O. The molecule has 3 N–H and O–H groups in total. The Bertz CT molecular complexity index is 1170. The van der Waals surface area contributed by atoms with Gasteiger partial charge in [0.05, 0.1) is 17.2 Å². The number of rotatable bonds is 2. The van der Waals surface area contributed by atoms with Crippen LogP contribution in [0.3, 0.4) is 0 Å². The molecular weight excluding hydrogens is 386 g/mol. The van der Waals surface area contributed by atoms with Crippen LogP contribution in [0.5, 0.6) is 0 Å². The van der Waals surface area contributed by atoms with Crippen molar-refractivity contribution in [1.82, 2.24) is 15.5 Å². The molecule has 3 atom stereocenters. The average molecular weight is 403 g/mol. The highest BCUT2D eigenvalue weighted by Gasteiger charge is 2.52. The van der Waals surface area contributed by atoms with E-state index in [1.165, 1.54) is 17.0 Å². The summed E-state index contributed by atoms with van der Waals surface area (Å²) in [7, 11) is 1.59. The Labute approximate surface area is 171 Å². The number of aromatic carboxylic acids is 1. The van der Waals surface area contributed by atoms with Crippen LogP contribution < -0.4 is 10.6 Å². The molecule has 1 fully saturated rings. The van der Waals surface area contributed by atoms with Crippen molar-refractivity contribution < 1.29 is 24.3 Å². The van der Waals surface area contributed by atoms with E-state index in [-0.39, 0.29) is 11.3 Å². The molecule has 2 aromatic rings. The van der Waals surface area contributed by atoms with Crippen molar-refractivity contribution >= 4 is 29.4 Å². The van der Waals surface area contributed by atoms with Gasteiger partial charge in [0.15, 0.2) is 5.78 Å². The molecule has 0 spiro atoms. The van der Waals surface area contributed by atoms with E-state index in [2.05, 4.69) is 10.6 Å². The van der Waals surface area contributed by atoms with E-state index < -0.39 is 35.9 Å². The lowest BCUT2D eigenvalue weighted by Crippen LogP contribution is -2.66. The van der Waals surface area contributed by atoms with Crippen molar-refractivity contribution in [2.24, 2.45) is 5.92 Å². The Morgan fingerprint density at radius 2 is 1.67 bits per heavy atom. The second kappa shape index (κ2) is 6.28. The Morgan fingerprint density at radius 3 is 2.33 bits per heavy atom. The quantitative estimate of drug-likeness (QED) is 0.704. The minimum atomic E-state index is -1.06. The van der Waals surface area contributed by atoms with Crippen LogP contribution in [0.2, 0.25) is 0 Å². The first-order chi connectivity index (χ1) is 14.4. The maximum Gasteiger partial charge on any atom is 0.335 e. The van der Waals surface area contributed by atoms with Crippen LogP contribution >= 0.6 is 0 Å². The van der Waals surface area contributed by atoms with E-state index in [0.29, 0.717) is 22.4 Å². The van der Waals surface area contributed by atoms with Crippen LogP contribution in [0.4, 0.5) is 4.79 Å². The third kappa shape index (κ3) is 2.40. The molecule has 30 heavy (non-hydrogen) atoms. The number of allylic oxidation sites excluding steroid dienone is 1. The molecule has 0 radical (unpaired) electrons. The zero-order valence-electron chi connectivity index (χ0n) is 15.9. The number of carbonyl (C=O) groups is 4. The van der Waals surface area contributed by atoms with Crippen LogP contribution in [-0.2, 0) is 4.79 Å². The molecule has 5 rings (SSSR count). The molecule has 1 saturated heterocycles.